The van der Waals surface area contributed by atoms with Crippen molar-refractivity contribution in [2.75, 3.05) is 13.6 Å². The van der Waals surface area contributed by atoms with Gasteiger partial charge in [-0.3, -0.25) is 4.99 Å². The molecule has 0 saturated heterocycles. The molecule has 0 saturated carbocycles. The molecule has 2 rings (SSSR count). The maximum absolute atomic E-state index is 5.97. The molecule has 0 unspecified atom stereocenters. The number of nitrogens with zero attached hydrogens (tertiary/aromatic N) is 1. The van der Waals surface area contributed by atoms with Crippen LogP contribution in [0.5, 0.6) is 0 Å². The molecule has 2 aromatic rings. The Morgan fingerprint density at radius 2 is 2.10 bits per heavy atom. The van der Waals surface area contributed by atoms with Crippen molar-refractivity contribution in [2.45, 2.75) is 13.0 Å². The lowest BCUT2D eigenvalue weighted by Crippen LogP contribution is -2.37. The van der Waals surface area contributed by atoms with Gasteiger partial charge in [-0.1, -0.05) is 29.8 Å². The standard InChI is InChI=1S/C15H18ClN3S.HI/c1-17-15(19-11-14-6-3-9-20-14)18-8-7-12-4-2-5-13(16)10-12;/h2-6,9-10H,7-8,11H2,1H3,(H2,17,18,19);1H. The zero-order chi connectivity index (χ0) is 14.2. The van der Waals surface area contributed by atoms with E-state index in [1.807, 2.05) is 18.2 Å². The highest BCUT2D eigenvalue weighted by Crippen LogP contribution is 2.10. The molecule has 1 aromatic carbocycles. The molecule has 3 nitrogen and oxygen atoms in total. The molecule has 21 heavy (non-hydrogen) atoms. The monoisotopic (exact) mass is 435 g/mol. The number of halogens is 2. The number of guanidine groups is 1. The largest absolute Gasteiger partial charge is 0.356 e. The molecule has 6 heteroatoms. The fourth-order valence-electron chi connectivity index (χ4n) is 1.82. The van der Waals surface area contributed by atoms with Crippen LogP contribution in [-0.2, 0) is 13.0 Å². The number of nitrogens with one attached hydrogen (secondary N) is 2. The average molecular weight is 436 g/mol. The Bertz CT molecular complexity index is 558. The van der Waals surface area contributed by atoms with Gasteiger partial charge in [0.25, 0.3) is 0 Å². The highest BCUT2D eigenvalue weighted by atomic mass is 127. The molecule has 0 spiro atoms. The van der Waals surface area contributed by atoms with Crippen molar-refractivity contribution in [1.82, 2.24) is 10.6 Å². The molecule has 0 aliphatic rings. The summed E-state index contributed by atoms with van der Waals surface area (Å²) in [6.07, 6.45) is 0.917. The van der Waals surface area contributed by atoms with Gasteiger partial charge in [-0.25, -0.2) is 0 Å². The van der Waals surface area contributed by atoms with Gasteiger partial charge in [0.1, 0.15) is 0 Å². The molecule has 0 atom stereocenters. The first-order valence-corrected chi connectivity index (χ1v) is 7.75. The minimum atomic E-state index is 0. The third kappa shape index (κ3) is 6.67. The van der Waals surface area contributed by atoms with Crippen LogP contribution in [0.3, 0.4) is 0 Å². The lowest BCUT2D eigenvalue weighted by Gasteiger charge is -2.11. The summed E-state index contributed by atoms with van der Waals surface area (Å²) in [5.74, 6) is 0.820. The molecule has 0 amide bonds. The Balaban J connectivity index is 0.00000220. The van der Waals surface area contributed by atoms with Crippen LogP contribution in [-0.4, -0.2) is 19.6 Å². The first-order valence-electron chi connectivity index (χ1n) is 6.49. The quantitative estimate of drug-likeness (QED) is 0.424. The van der Waals surface area contributed by atoms with Crippen LogP contribution in [0.4, 0.5) is 0 Å². The summed E-state index contributed by atoms with van der Waals surface area (Å²) in [6.45, 7) is 1.62. The van der Waals surface area contributed by atoms with Crippen LogP contribution in [0.2, 0.25) is 5.02 Å². The summed E-state index contributed by atoms with van der Waals surface area (Å²) in [5.41, 5.74) is 1.22. The summed E-state index contributed by atoms with van der Waals surface area (Å²) in [4.78, 5) is 5.50. The minimum absolute atomic E-state index is 0. The first kappa shape index (κ1) is 18.3. The minimum Gasteiger partial charge on any atom is -0.356 e. The van der Waals surface area contributed by atoms with E-state index in [0.29, 0.717) is 0 Å². The fourth-order valence-corrected chi connectivity index (χ4v) is 2.68. The van der Waals surface area contributed by atoms with Gasteiger partial charge in [-0.2, -0.15) is 0 Å². The zero-order valence-electron chi connectivity index (χ0n) is 11.8. The SMILES string of the molecule is CN=C(NCCc1cccc(Cl)c1)NCc1cccs1.I. The number of thiophene rings is 1. The predicted molar refractivity (Wildman–Crippen MR) is 103 cm³/mol. The molecular formula is C15H19ClIN3S. The van der Waals surface area contributed by atoms with E-state index in [2.05, 4.69) is 39.2 Å². The lowest BCUT2D eigenvalue weighted by atomic mass is 10.1. The Morgan fingerprint density at radius 3 is 2.76 bits per heavy atom. The van der Waals surface area contributed by atoms with Crippen molar-refractivity contribution in [1.29, 1.82) is 0 Å². The van der Waals surface area contributed by atoms with E-state index in [0.717, 1.165) is 30.5 Å². The molecule has 0 aliphatic heterocycles. The Kier molecular flexibility index (Phi) is 8.72. The van der Waals surface area contributed by atoms with Crippen LogP contribution in [0.15, 0.2) is 46.8 Å². The van der Waals surface area contributed by atoms with Gasteiger partial charge < -0.3 is 10.6 Å². The third-order valence-corrected chi connectivity index (χ3v) is 3.94. The van der Waals surface area contributed by atoms with Gasteiger partial charge in [0.05, 0.1) is 6.54 Å². The Morgan fingerprint density at radius 1 is 1.24 bits per heavy atom. The van der Waals surface area contributed by atoms with Gasteiger partial charge in [0, 0.05) is 23.5 Å². The summed E-state index contributed by atoms with van der Waals surface area (Å²) < 4.78 is 0. The van der Waals surface area contributed by atoms with Crippen molar-refractivity contribution in [3.05, 3.63) is 57.2 Å². The molecule has 0 aliphatic carbocycles. The highest BCUT2D eigenvalue weighted by molar-refractivity contribution is 14.0. The summed E-state index contributed by atoms with van der Waals surface area (Å²) in [6, 6.07) is 12.1. The van der Waals surface area contributed by atoms with Gasteiger partial charge in [0.2, 0.25) is 0 Å². The van der Waals surface area contributed by atoms with Crippen molar-refractivity contribution in [3.63, 3.8) is 0 Å². The van der Waals surface area contributed by atoms with E-state index >= 15 is 0 Å². The number of hydrogen-bond acceptors (Lipinski definition) is 2. The van der Waals surface area contributed by atoms with Crippen LogP contribution in [0.1, 0.15) is 10.4 Å². The number of rotatable bonds is 5. The van der Waals surface area contributed by atoms with Gasteiger partial charge >= 0.3 is 0 Å². The Hall–Kier alpha value is -0.790. The zero-order valence-corrected chi connectivity index (χ0v) is 15.7. The van der Waals surface area contributed by atoms with Crippen LogP contribution in [0.25, 0.3) is 0 Å². The molecular weight excluding hydrogens is 417 g/mol. The smallest absolute Gasteiger partial charge is 0.191 e. The van der Waals surface area contributed by atoms with Crippen LogP contribution in [0, 0.1) is 0 Å². The molecule has 0 radical (unpaired) electrons. The second kappa shape index (κ2) is 10.0. The topological polar surface area (TPSA) is 36.4 Å². The van der Waals surface area contributed by atoms with Gasteiger partial charge in [-0.15, -0.1) is 35.3 Å². The molecule has 0 bridgehead atoms. The fraction of sp³-hybridized carbons (Fsp3) is 0.267. The lowest BCUT2D eigenvalue weighted by molar-refractivity contribution is 0.799. The maximum atomic E-state index is 5.97. The number of benzene rings is 1. The molecule has 0 fully saturated rings. The van der Waals surface area contributed by atoms with Crippen molar-refractivity contribution >= 4 is 52.9 Å². The first-order chi connectivity index (χ1) is 9.78. The maximum Gasteiger partial charge on any atom is 0.191 e. The van der Waals surface area contributed by atoms with E-state index in [9.17, 15) is 0 Å². The van der Waals surface area contributed by atoms with E-state index in [-0.39, 0.29) is 24.0 Å². The average Bonchev–Trinajstić information content (AvgIpc) is 2.96. The normalized spacial score (nSPS) is 10.9. The van der Waals surface area contributed by atoms with Gasteiger partial charge in [-0.05, 0) is 35.6 Å². The predicted octanol–water partition coefficient (Wildman–Crippen LogP) is 3.93. The van der Waals surface area contributed by atoms with Gasteiger partial charge in [0.15, 0.2) is 5.96 Å². The van der Waals surface area contributed by atoms with E-state index in [1.165, 1.54) is 10.4 Å². The molecule has 2 N–H and O–H groups in total. The summed E-state index contributed by atoms with van der Waals surface area (Å²) >= 11 is 7.70. The van der Waals surface area contributed by atoms with Crippen LogP contribution < -0.4 is 10.6 Å². The molecule has 114 valence electrons. The second-order valence-corrected chi connectivity index (χ2v) is 5.78. The summed E-state index contributed by atoms with van der Waals surface area (Å²) in [7, 11) is 1.78. The van der Waals surface area contributed by atoms with Crippen molar-refractivity contribution in [2.24, 2.45) is 4.99 Å². The molecule has 1 heterocycles. The van der Waals surface area contributed by atoms with E-state index in [1.54, 1.807) is 18.4 Å². The van der Waals surface area contributed by atoms with Crippen molar-refractivity contribution < 1.29 is 0 Å². The summed E-state index contributed by atoms with van der Waals surface area (Å²) in [5, 5.41) is 9.45. The van der Waals surface area contributed by atoms with Crippen LogP contribution >= 0.6 is 46.9 Å². The number of hydrogen-bond donors (Lipinski definition) is 2. The van der Waals surface area contributed by atoms with Crippen molar-refractivity contribution in [3.8, 4) is 0 Å². The van der Waals surface area contributed by atoms with E-state index < -0.39 is 0 Å². The highest BCUT2D eigenvalue weighted by Gasteiger charge is 1.99. The second-order valence-electron chi connectivity index (χ2n) is 4.31. The third-order valence-electron chi connectivity index (χ3n) is 2.83. The number of aliphatic imine (C=N–C) groups is 1. The van der Waals surface area contributed by atoms with E-state index in [4.69, 9.17) is 11.6 Å². The Labute approximate surface area is 151 Å². The molecule has 1 aromatic heterocycles.